The van der Waals surface area contributed by atoms with E-state index in [0.717, 1.165) is 6.21 Å². The Hall–Kier alpha value is -1.93. The van der Waals surface area contributed by atoms with Gasteiger partial charge in [0.25, 0.3) is 5.69 Å². The maximum Gasteiger partial charge on any atom is 0.290 e. The lowest BCUT2D eigenvalue weighted by Crippen LogP contribution is -2.12. The van der Waals surface area contributed by atoms with Crippen molar-refractivity contribution in [3.05, 3.63) is 61.1 Å². The lowest BCUT2D eigenvalue weighted by molar-refractivity contribution is -0.404. The van der Waals surface area contributed by atoms with E-state index in [1.807, 2.05) is 0 Å². The fourth-order valence-corrected chi connectivity index (χ4v) is 2.95. The molecule has 0 aliphatic carbocycles. The summed E-state index contributed by atoms with van der Waals surface area (Å²) >= 11 is 21.9. The van der Waals surface area contributed by atoms with Crippen LogP contribution in [0, 0.1) is 10.1 Å². The van der Waals surface area contributed by atoms with Gasteiger partial charge in [0.05, 0.1) is 27.8 Å². The Morgan fingerprint density at radius 2 is 1.75 bits per heavy atom. The molecule has 0 saturated carbocycles. The van der Waals surface area contributed by atoms with Gasteiger partial charge in [-0.2, -0.15) is 17.2 Å². The summed E-state index contributed by atoms with van der Waals surface area (Å²) in [5.74, 6) is 0. The number of nitro benzene ring substituents is 1. The number of carbonyl (C=O) groups is 1. The van der Waals surface area contributed by atoms with E-state index in [1.165, 1.54) is 12.1 Å². The van der Waals surface area contributed by atoms with Gasteiger partial charge in [-0.15, -0.1) is 0 Å². The molecule has 28 heavy (non-hydrogen) atoms. The number of nitrogens with zero attached hydrogens (tertiary/aromatic N) is 3. The van der Waals surface area contributed by atoms with E-state index in [2.05, 4.69) is 17.6 Å². The summed E-state index contributed by atoms with van der Waals surface area (Å²) in [4.78, 5) is 25.1. The number of nitro groups is 1. The van der Waals surface area contributed by atoms with Gasteiger partial charge in [0, 0.05) is 18.0 Å². The second kappa shape index (κ2) is 11.2. The van der Waals surface area contributed by atoms with Crippen molar-refractivity contribution in [2.45, 2.75) is 6.92 Å². The first-order valence-electron chi connectivity index (χ1n) is 7.69. The number of hydrogen-bond donors (Lipinski definition) is 1. The predicted molar refractivity (Wildman–Crippen MR) is 119 cm³/mol. The van der Waals surface area contributed by atoms with E-state index in [0.29, 0.717) is 33.3 Å². The van der Waals surface area contributed by atoms with Gasteiger partial charge < -0.3 is 0 Å². The zero-order valence-corrected chi connectivity index (χ0v) is 18.4. The minimum Gasteiger partial charge on any atom is -0.297 e. The zero-order chi connectivity index (χ0) is 21.4. The molecule has 0 heterocycles. The highest BCUT2D eigenvalue weighted by Gasteiger charge is 2.24. The quantitative estimate of drug-likeness (QED) is 0.153. The molecule has 10 heteroatoms. The molecule has 0 saturated heterocycles. The summed E-state index contributed by atoms with van der Waals surface area (Å²) in [5.41, 5.74) is 1.77. The largest absolute Gasteiger partial charge is 0.297 e. The van der Waals surface area contributed by atoms with Crippen LogP contribution in [-0.4, -0.2) is 41.0 Å². The molecule has 2 rings (SSSR count). The fourth-order valence-electron chi connectivity index (χ4n) is 2.30. The smallest absolute Gasteiger partial charge is 0.290 e. The van der Waals surface area contributed by atoms with Gasteiger partial charge in [-0.05, 0) is 24.5 Å². The highest BCUT2D eigenvalue weighted by Crippen LogP contribution is 2.37. The number of rotatable bonds is 5. The third kappa shape index (κ3) is 5.78. The molecule has 0 atom stereocenters. The summed E-state index contributed by atoms with van der Waals surface area (Å²) < 4.78 is 1.71. The molecule has 0 spiro atoms. The summed E-state index contributed by atoms with van der Waals surface area (Å²) in [5, 5.41) is 12.1. The summed E-state index contributed by atoms with van der Waals surface area (Å²) in [6.07, 6.45) is 3.18. The number of thiol groups is 1. The van der Waals surface area contributed by atoms with E-state index in [1.54, 1.807) is 43.0 Å². The van der Waals surface area contributed by atoms with Gasteiger partial charge in [-0.1, -0.05) is 34.8 Å². The Morgan fingerprint density at radius 3 is 2.32 bits per heavy atom. The minimum absolute atomic E-state index is 0.0492. The molecule has 0 radical (unpaired) electrons. The first kappa shape index (κ1) is 24.1. The second-order valence-electron chi connectivity index (χ2n) is 5.23. The molecule has 0 aliphatic rings. The molecule has 0 aliphatic heterocycles. The van der Waals surface area contributed by atoms with Gasteiger partial charge >= 0.3 is 0 Å². The van der Waals surface area contributed by atoms with E-state index >= 15 is 0 Å². The lowest BCUT2D eigenvalue weighted by atomic mass is 10.1. The van der Waals surface area contributed by atoms with Crippen LogP contribution in [0.5, 0.6) is 0 Å². The Morgan fingerprint density at radius 1 is 1.11 bits per heavy atom. The third-order valence-electron chi connectivity index (χ3n) is 3.70. The molecule has 0 unspecified atom stereocenters. The van der Waals surface area contributed by atoms with Crippen LogP contribution in [0.4, 0.5) is 17.1 Å². The highest BCUT2D eigenvalue weighted by molar-refractivity contribution is 7.79. The van der Waals surface area contributed by atoms with Crippen LogP contribution in [0.15, 0.2) is 35.3 Å². The number of hydrogen-bond acceptors (Lipinski definition) is 5. The molecule has 6 nitrogen and oxygen atoms in total. The van der Waals surface area contributed by atoms with Crippen molar-refractivity contribution in [3.8, 4) is 0 Å². The van der Waals surface area contributed by atoms with Crippen molar-refractivity contribution in [2.75, 3.05) is 13.3 Å². The predicted octanol–water partition coefficient (Wildman–Crippen LogP) is 5.79. The minimum atomic E-state index is -0.615. The number of carbonyl (C=O) groups excluding carboxylic acids is 1. The third-order valence-corrected chi connectivity index (χ3v) is 4.57. The highest BCUT2D eigenvalue weighted by atomic mass is 35.5. The van der Waals surface area contributed by atoms with Gasteiger partial charge in [0.2, 0.25) is 5.69 Å². The van der Waals surface area contributed by atoms with Crippen molar-refractivity contribution < 1.29 is 14.3 Å². The van der Waals surface area contributed by atoms with E-state index in [9.17, 15) is 14.9 Å². The number of benzene rings is 2. The molecule has 0 amide bonds. The Labute approximate surface area is 183 Å². The van der Waals surface area contributed by atoms with E-state index in [4.69, 9.17) is 34.8 Å². The van der Waals surface area contributed by atoms with Crippen LogP contribution in [-0.2, 0) is 4.79 Å². The average molecular weight is 462 g/mol. The Balaban J connectivity index is 0.00000190. The Bertz CT molecular complexity index is 963. The van der Waals surface area contributed by atoms with Gasteiger partial charge in [0.15, 0.2) is 12.0 Å². The average Bonchev–Trinajstić information content (AvgIpc) is 2.68. The molecular formula is C18H17Cl3N3O3S+. The van der Waals surface area contributed by atoms with Crippen LogP contribution in [0.25, 0.3) is 0 Å². The first-order chi connectivity index (χ1) is 13.3. The van der Waals surface area contributed by atoms with Crippen molar-refractivity contribution in [3.63, 3.8) is 0 Å². The Kier molecular flexibility index (Phi) is 9.61. The van der Waals surface area contributed by atoms with Crippen LogP contribution in [0.3, 0.4) is 0 Å². The van der Waals surface area contributed by atoms with Crippen LogP contribution in [0.2, 0.25) is 15.1 Å². The molecule has 0 bridgehead atoms. The lowest BCUT2D eigenvalue weighted by Gasteiger charge is -2.08. The van der Waals surface area contributed by atoms with Crippen molar-refractivity contribution in [1.82, 2.24) is 0 Å². The molecule has 2 aromatic carbocycles. The van der Waals surface area contributed by atoms with Crippen LogP contribution < -0.4 is 0 Å². The molecule has 0 fully saturated rings. The zero-order valence-electron chi connectivity index (χ0n) is 15.2. The molecule has 2 aromatic rings. The number of aldehydes is 1. The molecular weight excluding hydrogens is 445 g/mol. The topological polar surface area (TPSA) is 75.6 Å². The fraction of sp³-hybridized carbons (Fsp3) is 0.167. The second-order valence-corrected chi connectivity index (χ2v) is 6.48. The van der Waals surface area contributed by atoms with E-state index in [-0.39, 0.29) is 16.4 Å². The SMILES string of the molecule is CC(c1cc(Cl)ccc1Cl)=[N+](C)c1cc(Cl)c([N+](=O)[O-])cc1N=CC=O.CS. The maximum atomic E-state index is 11.1. The van der Waals surface area contributed by atoms with Crippen molar-refractivity contribution in [1.29, 1.82) is 0 Å². The van der Waals surface area contributed by atoms with Crippen molar-refractivity contribution in [2.24, 2.45) is 4.99 Å². The monoisotopic (exact) mass is 460 g/mol. The molecule has 0 aromatic heterocycles. The van der Waals surface area contributed by atoms with Gasteiger partial charge in [-0.3, -0.25) is 14.9 Å². The standard InChI is InChI=1S/C17H13Cl3N3O3.CH4S/c1-10(12-7-11(18)3-4-13(12)19)22(2)17-8-14(20)16(23(25)26)9-15(17)21-5-6-24;1-2/h3-9H,1-2H3;2H,1H3/q+1;. The molecule has 148 valence electrons. The summed E-state index contributed by atoms with van der Waals surface area (Å²) in [6, 6.07) is 7.67. The maximum absolute atomic E-state index is 11.1. The van der Waals surface area contributed by atoms with Crippen LogP contribution in [0.1, 0.15) is 12.5 Å². The summed E-state index contributed by atoms with van der Waals surface area (Å²) in [7, 11) is 1.73. The normalized spacial score (nSPS) is 11.5. The summed E-state index contributed by atoms with van der Waals surface area (Å²) in [6.45, 7) is 1.81. The number of halogens is 3. The number of aliphatic imine (C=N–C) groups is 1. The van der Waals surface area contributed by atoms with Crippen molar-refractivity contribution >= 4 is 82.7 Å². The van der Waals surface area contributed by atoms with Gasteiger partial charge in [-0.25, -0.2) is 4.99 Å². The van der Waals surface area contributed by atoms with Gasteiger partial charge in [0.1, 0.15) is 17.8 Å². The first-order valence-corrected chi connectivity index (χ1v) is 9.72. The molecule has 0 N–H and O–H groups in total. The van der Waals surface area contributed by atoms with E-state index < -0.39 is 4.92 Å². The van der Waals surface area contributed by atoms with Crippen LogP contribution >= 0.6 is 47.4 Å².